The molecule has 0 amide bonds. The van der Waals surface area contributed by atoms with E-state index in [2.05, 4.69) is 22.2 Å². The molecule has 1 aliphatic rings. The fourth-order valence-corrected chi connectivity index (χ4v) is 2.96. The van der Waals surface area contributed by atoms with Crippen molar-refractivity contribution >= 4 is 22.5 Å². The fourth-order valence-electron chi connectivity index (χ4n) is 2.96. The summed E-state index contributed by atoms with van der Waals surface area (Å²) >= 11 is 0. The molecule has 0 atom stereocenters. The molecule has 1 fully saturated rings. The SMILES string of the molecule is CC1(Nc2nc3ccc(N)cc3c(=O)[nH]2)CCCCC1. The predicted octanol–water partition coefficient (Wildman–Crippen LogP) is 2.64. The van der Waals surface area contributed by atoms with Gasteiger partial charge in [0.15, 0.2) is 0 Å². The number of hydrogen-bond donors (Lipinski definition) is 3. The Hall–Kier alpha value is -2.04. The summed E-state index contributed by atoms with van der Waals surface area (Å²) < 4.78 is 0. The third kappa shape index (κ3) is 2.48. The van der Waals surface area contributed by atoms with Crippen molar-refractivity contribution in [3.63, 3.8) is 0 Å². The highest BCUT2D eigenvalue weighted by Gasteiger charge is 2.27. The zero-order valence-electron chi connectivity index (χ0n) is 11.7. The standard InChI is InChI=1S/C15H20N4O/c1-15(7-3-2-4-8-15)19-14-17-12-6-5-10(16)9-11(12)13(20)18-14/h5-6,9H,2-4,7-8,16H2,1H3,(H2,17,18,19,20). The van der Waals surface area contributed by atoms with Crippen molar-refractivity contribution in [3.05, 3.63) is 28.6 Å². The second-order valence-corrected chi connectivity index (χ2v) is 5.94. The van der Waals surface area contributed by atoms with Crippen LogP contribution in [0.2, 0.25) is 0 Å². The Kier molecular flexibility index (Phi) is 3.12. The lowest BCUT2D eigenvalue weighted by Gasteiger charge is -2.34. The lowest BCUT2D eigenvalue weighted by molar-refractivity contribution is 0.347. The maximum Gasteiger partial charge on any atom is 0.260 e. The van der Waals surface area contributed by atoms with E-state index in [0.717, 1.165) is 12.8 Å². The van der Waals surface area contributed by atoms with E-state index in [1.54, 1.807) is 18.2 Å². The molecule has 106 valence electrons. The Bertz CT molecular complexity index is 686. The Balaban J connectivity index is 1.96. The van der Waals surface area contributed by atoms with Crippen molar-refractivity contribution < 1.29 is 0 Å². The molecule has 1 saturated carbocycles. The molecule has 5 heteroatoms. The Labute approximate surface area is 117 Å². The summed E-state index contributed by atoms with van der Waals surface area (Å²) in [7, 11) is 0. The predicted molar refractivity (Wildman–Crippen MR) is 81.9 cm³/mol. The lowest BCUT2D eigenvalue weighted by Crippen LogP contribution is -2.38. The smallest absolute Gasteiger partial charge is 0.260 e. The molecular weight excluding hydrogens is 252 g/mol. The van der Waals surface area contributed by atoms with Crippen molar-refractivity contribution in [2.45, 2.75) is 44.6 Å². The summed E-state index contributed by atoms with van der Waals surface area (Å²) in [6.45, 7) is 2.19. The third-order valence-corrected chi connectivity index (χ3v) is 4.11. The van der Waals surface area contributed by atoms with E-state index in [9.17, 15) is 4.79 Å². The van der Waals surface area contributed by atoms with Gasteiger partial charge >= 0.3 is 0 Å². The maximum absolute atomic E-state index is 12.1. The number of aromatic nitrogens is 2. The minimum atomic E-state index is -0.149. The van der Waals surface area contributed by atoms with Gasteiger partial charge in [-0.1, -0.05) is 19.3 Å². The van der Waals surface area contributed by atoms with Crippen molar-refractivity contribution in [1.29, 1.82) is 0 Å². The fraction of sp³-hybridized carbons (Fsp3) is 0.467. The first-order valence-electron chi connectivity index (χ1n) is 7.14. The number of H-pyrrole nitrogens is 1. The molecule has 0 radical (unpaired) electrons. The van der Waals surface area contributed by atoms with E-state index in [4.69, 9.17) is 5.73 Å². The number of aromatic amines is 1. The summed E-state index contributed by atoms with van der Waals surface area (Å²) in [5.41, 5.74) is 6.82. The highest BCUT2D eigenvalue weighted by Crippen LogP contribution is 2.30. The van der Waals surface area contributed by atoms with Crippen LogP contribution in [0.5, 0.6) is 0 Å². The number of fused-ring (bicyclic) bond motifs is 1. The number of nitrogen functional groups attached to an aromatic ring is 1. The molecule has 5 nitrogen and oxygen atoms in total. The van der Waals surface area contributed by atoms with E-state index < -0.39 is 0 Å². The molecule has 3 rings (SSSR count). The van der Waals surface area contributed by atoms with Gasteiger partial charge < -0.3 is 11.1 Å². The highest BCUT2D eigenvalue weighted by atomic mass is 16.1. The van der Waals surface area contributed by atoms with E-state index in [-0.39, 0.29) is 11.1 Å². The maximum atomic E-state index is 12.1. The van der Waals surface area contributed by atoms with Crippen LogP contribution in [0.1, 0.15) is 39.0 Å². The number of hydrogen-bond acceptors (Lipinski definition) is 4. The van der Waals surface area contributed by atoms with Gasteiger partial charge in [0.05, 0.1) is 10.9 Å². The van der Waals surface area contributed by atoms with Gasteiger partial charge in [-0.2, -0.15) is 0 Å². The molecule has 1 aromatic carbocycles. The average Bonchev–Trinajstić information content (AvgIpc) is 2.40. The molecule has 1 heterocycles. The first-order valence-corrected chi connectivity index (χ1v) is 7.14. The summed E-state index contributed by atoms with van der Waals surface area (Å²) in [6, 6.07) is 5.21. The van der Waals surface area contributed by atoms with Gasteiger partial charge in [0.2, 0.25) is 5.95 Å². The summed E-state index contributed by atoms with van der Waals surface area (Å²) in [4.78, 5) is 19.4. The van der Waals surface area contributed by atoms with Crippen molar-refractivity contribution in [3.8, 4) is 0 Å². The topological polar surface area (TPSA) is 83.8 Å². The van der Waals surface area contributed by atoms with Gasteiger partial charge in [0, 0.05) is 11.2 Å². The van der Waals surface area contributed by atoms with Crippen LogP contribution in [0.25, 0.3) is 10.9 Å². The van der Waals surface area contributed by atoms with Gasteiger partial charge in [-0.05, 0) is 38.0 Å². The molecule has 0 bridgehead atoms. The Morgan fingerprint density at radius 3 is 2.80 bits per heavy atom. The number of rotatable bonds is 2. The van der Waals surface area contributed by atoms with Crippen molar-refractivity contribution in [1.82, 2.24) is 9.97 Å². The monoisotopic (exact) mass is 272 g/mol. The number of nitrogens with two attached hydrogens (primary N) is 1. The molecular formula is C15H20N4O. The number of nitrogens with one attached hydrogen (secondary N) is 2. The largest absolute Gasteiger partial charge is 0.399 e. The Morgan fingerprint density at radius 1 is 1.30 bits per heavy atom. The summed E-state index contributed by atoms with van der Waals surface area (Å²) in [6.07, 6.45) is 5.95. The third-order valence-electron chi connectivity index (χ3n) is 4.11. The van der Waals surface area contributed by atoms with Crippen LogP contribution in [0, 0.1) is 0 Å². The molecule has 0 spiro atoms. The van der Waals surface area contributed by atoms with Crippen LogP contribution in [0.15, 0.2) is 23.0 Å². The molecule has 4 N–H and O–H groups in total. The molecule has 0 saturated heterocycles. The van der Waals surface area contributed by atoms with Crippen molar-refractivity contribution in [2.75, 3.05) is 11.1 Å². The van der Waals surface area contributed by atoms with Crippen LogP contribution < -0.4 is 16.6 Å². The van der Waals surface area contributed by atoms with Crippen LogP contribution in [0.3, 0.4) is 0 Å². The average molecular weight is 272 g/mol. The minimum Gasteiger partial charge on any atom is -0.399 e. The van der Waals surface area contributed by atoms with Crippen LogP contribution in [-0.4, -0.2) is 15.5 Å². The van der Waals surface area contributed by atoms with Gasteiger partial charge in [0.1, 0.15) is 0 Å². The summed E-state index contributed by atoms with van der Waals surface area (Å²) in [5.74, 6) is 0.552. The number of nitrogens with zero attached hydrogens (tertiary/aromatic N) is 1. The van der Waals surface area contributed by atoms with Gasteiger partial charge in [-0.15, -0.1) is 0 Å². The second-order valence-electron chi connectivity index (χ2n) is 5.94. The van der Waals surface area contributed by atoms with E-state index in [1.165, 1.54) is 19.3 Å². The molecule has 1 aromatic heterocycles. The molecule has 1 aliphatic carbocycles. The number of benzene rings is 1. The lowest BCUT2D eigenvalue weighted by atomic mass is 9.83. The van der Waals surface area contributed by atoms with Crippen molar-refractivity contribution in [2.24, 2.45) is 0 Å². The number of anilines is 2. The van der Waals surface area contributed by atoms with Crippen LogP contribution in [0.4, 0.5) is 11.6 Å². The minimum absolute atomic E-state index is 0.0235. The van der Waals surface area contributed by atoms with E-state index in [1.807, 2.05) is 0 Å². The van der Waals surface area contributed by atoms with Gasteiger partial charge in [0.25, 0.3) is 5.56 Å². The Morgan fingerprint density at radius 2 is 2.05 bits per heavy atom. The molecule has 20 heavy (non-hydrogen) atoms. The van der Waals surface area contributed by atoms with Gasteiger partial charge in [-0.25, -0.2) is 4.98 Å². The second kappa shape index (κ2) is 4.81. The van der Waals surface area contributed by atoms with Crippen LogP contribution in [-0.2, 0) is 0 Å². The normalized spacial score (nSPS) is 18.1. The zero-order chi connectivity index (χ0) is 14.2. The molecule has 0 unspecified atom stereocenters. The first kappa shape index (κ1) is 13.0. The summed E-state index contributed by atoms with van der Waals surface area (Å²) in [5, 5.41) is 3.94. The van der Waals surface area contributed by atoms with Crippen LogP contribution >= 0.6 is 0 Å². The quantitative estimate of drug-likeness (QED) is 0.734. The molecule has 0 aliphatic heterocycles. The first-order chi connectivity index (χ1) is 9.56. The van der Waals surface area contributed by atoms with E-state index in [0.29, 0.717) is 22.5 Å². The molecule has 2 aromatic rings. The van der Waals surface area contributed by atoms with E-state index >= 15 is 0 Å². The van der Waals surface area contributed by atoms with Gasteiger partial charge in [-0.3, -0.25) is 9.78 Å². The zero-order valence-corrected chi connectivity index (χ0v) is 11.7. The highest BCUT2D eigenvalue weighted by molar-refractivity contribution is 5.81.